The third kappa shape index (κ3) is 3.19. The van der Waals surface area contributed by atoms with Crippen LogP contribution in [0.5, 0.6) is 0 Å². The van der Waals surface area contributed by atoms with Gasteiger partial charge in [-0.3, -0.25) is 9.59 Å². The number of likely N-dealkylation sites (tertiary alicyclic amines) is 1. The lowest BCUT2D eigenvalue weighted by Gasteiger charge is -2.60. The van der Waals surface area contributed by atoms with Gasteiger partial charge >= 0.3 is 0 Å². The van der Waals surface area contributed by atoms with Crippen LogP contribution in [-0.4, -0.2) is 53.5 Å². The number of carbonyl (C=O) groups excluding carboxylic acids is 2. The molecule has 3 heterocycles. The summed E-state index contributed by atoms with van der Waals surface area (Å²) < 4.78 is 0. The first kappa shape index (κ1) is 18.9. The number of hydrogen-bond acceptors (Lipinski definition) is 5. The second kappa shape index (κ2) is 6.97. The molecular weight excluding hydrogens is 366 g/mol. The van der Waals surface area contributed by atoms with E-state index in [2.05, 4.69) is 32.8 Å². The fourth-order valence-corrected chi connectivity index (χ4v) is 6.19. The summed E-state index contributed by atoms with van der Waals surface area (Å²) in [7, 11) is 0. The third-order valence-corrected chi connectivity index (χ3v) is 7.78. The van der Waals surface area contributed by atoms with E-state index in [1.807, 2.05) is 0 Å². The Bertz CT molecular complexity index is 823. The van der Waals surface area contributed by atoms with Gasteiger partial charge in [0, 0.05) is 31.1 Å². The molecule has 1 spiro atoms. The van der Waals surface area contributed by atoms with Gasteiger partial charge in [0.1, 0.15) is 11.5 Å². The van der Waals surface area contributed by atoms with Crippen molar-refractivity contribution in [3.63, 3.8) is 0 Å². The fraction of sp³-hybridized carbons (Fsp3) is 0.682. The molecule has 1 aromatic rings. The number of nitrogens with zero attached hydrogens (tertiary/aromatic N) is 2. The zero-order chi connectivity index (χ0) is 20.1. The first-order valence-corrected chi connectivity index (χ1v) is 11.0. The van der Waals surface area contributed by atoms with Crippen molar-refractivity contribution in [2.45, 2.75) is 51.1 Å². The predicted molar refractivity (Wildman–Crippen MR) is 110 cm³/mol. The maximum atomic E-state index is 13.1. The molecule has 0 radical (unpaired) electrons. The summed E-state index contributed by atoms with van der Waals surface area (Å²) in [6.07, 6.45) is 7.87. The van der Waals surface area contributed by atoms with Gasteiger partial charge in [0.2, 0.25) is 5.91 Å². The summed E-state index contributed by atoms with van der Waals surface area (Å²) in [6.45, 7) is 6.21. The van der Waals surface area contributed by atoms with Crippen molar-refractivity contribution in [3.8, 4) is 0 Å². The van der Waals surface area contributed by atoms with Gasteiger partial charge in [0.15, 0.2) is 0 Å². The first-order valence-electron chi connectivity index (χ1n) is 11.0. The van der Waals surface area contributed by atoms with E-state index in [1.54, 1.807) is 18.3 Å². The van der Waals surface area contributed by atoms with Gasteiger partial charge in [-0.25, -0.2) is 4.98 Å². The number of hydrogen-bond donors (Lipinski definition) is 3. The number of carbonyl (C=O) groups is 2. The Hall–Kier alpha value is -2.15. The minimum Gasteiger partial charge on any atom is -0.355 e. The first-order chi connectivity index (χ1) is 14.0. The topological polar surface area (TPSA) is 86.4 Å². The van der Waals surface area contributed by atoms with E-state index in [1.165, 1.54) is 12.8 Å². The predicted octanol–water partition coefficient (Wildman–Crippen LogP) is 1.97. The third-order valence-electron chi connectivity index (χ3n) is 7.78. The SMILES string of the molecule is CC12CCC(CC1C(=O)NCCN1CCCC1)C1(C2)NC(=O)c2cccnc2N1. The molecule has 156 valence electrons. The summed E-state index contributed by atoms with van der Waals surface area (Å²) in [5.74, 6) is 1.03. The van der Waals surface area contributed by atoms with Crippen molar-refractivity contribution in [1.29, 1.82) is 0 Å². The van der Waals surface area contributed by atoms with Gasteiger partial charge < -0.3 is 20.9 Å². The molecule has 1 aromatic heterocycles. The Kier molecular flexibility index (Phi) is 4.53. The summed E-state index contributed by atoms with van der Waals surface area (Å²) in [5, 5.41) is 10.0. The minimum absolute atomic E-state index is 0.00860. The molecule has 3 saturated carbocycles. The molecule has 1 saturated heterocycles. The second-order valence-electron chi connectivity index (χ2n) is 9.64. The maximum Gasteiger partial charge on any atom is 0.256 e. The summed E-state index contributed by atoms with van der Waals surface area (Å²) >= 11 is 0. The molecule has 4 atom stereocenters. The molecule has 2 amide bonds. The van der Waals surface area contributed by atoms with E-state index in [9.17, 15) is 9.59 Å². The molecule has 29 heavy (non-hydrogen) atoms. The van der Waals surface area contributed by atoms with Gasteiger partial charge in [0.25, 0.3) is 5.91 Å². The van der Waals surface area contributed by atoms with E-state index < -0.39 is 5.66 Å². The van der Waals surface area contributed by atoms with Gasteiger partial charge in [-0.2, -0.15) is 0 Å². The van der Waals surface area contributed by atoms with E-state index in [-0.39, 0.29) is 29.1 Å². The van der Waals surface area contributed by atoms with Crippen LogP contribution < -0.4 is 16.0 Å². The molecule has 0 aromatic carbocycles. The fourth-order valence-electron chi connectivity index (χ4n) is 6.19. The van der Waals surface area contributed by atoms with Crippen LogP contribution in [0.25, 0.3) is 0 Å². The van der Waals surface area contributed by atoms with Gasteiger partial charge in [-0.05, 0) is 69.2 Å². The van der Waals surface area contributed by atoms with Crippen LogP contribution in [0.15, 0.2) is 18.3 Å². The van der Waals surface area contributed by atoms with Crippen LogP contribution in [0.3, 0.4) is 0 Å². The lowest BCUT2D eigenvalue weighted by molar-refractivity contribution is -0.139. The average Bonchev–Trinajstić information content (AvgIpc) is 3.21. The van der Waals surface area contributed by atoms with E-state index in [4.69, 9.17) is 0 Å². The molecule has 3 aliphatic carbocycles. The highest BCUT2D eigenvalue weighted by Crippen LogP contribution is 2.58. The van der Waals surface area contributed by atoms with Crippen LogP contribution in [0.2, 0.25) is 0 Å². The van der Waals surface area contributed by atoms with Crippen molar-refractivity contribution in [3.05, 3.63) is 23.9 Å². The normalized spacial score (nSPS) is 35.8. The summed E-state index contributed by atoms with van der Waals surface area (Å²) in [5.41, 5.74) is -0.0162. The molecule has 2 aliphatic heterocycles. The molecule has 4 unspecified atom stereocenters. The highest BCUT2D eigenvalue weighted by Gasteiger charge is 2.60. The maximum absolute atomic E-state index is 13.1. The highest BCUT2D eigenvalue weighted by molar-refractivity contribution is 6.01. The zero-order valence-electron chi connectivity index (χ0n) is 17.2. The standard InChI is InChI=1S/C22H31N5O2/c1-21-7-6-15(13-17(21)20(29)24-9-12-27-10-2-3-11-27)22(14-21)25-18-16(19(28)26-22)5-4-8-23-18/h4-5,8,15,17H,2-3,6-7,9-14H2,1H3,(H,23,25)(H,24,29)(H,26,28). The van der Waals surface area contributed by atoms with Crippen LogP contribution >= 0.6 is 0 Å². The van der Waals surface area contributed by atoms with Crippen molar-refractivity contribution >= 4 is 17.6 Å². The van der Waals surface area contributed by atoms with Crippen LogP contribution in [-0.2, 0) is 4.79 Å². The number of anilines is 1. The number of fused-ring (bicyclic) bond motifs is 3. The van der Waals surface area contributed by atoms with E-state index >= 15 is 0 Å². The largest absolute Gasteiger partial charge is 0.355 e. The van der Waals surface area contributed by atoms with Crippen LogP contribution in [0, 0.1) is 17.3 Å². The Labute approximate surface area is 172 Å². The minimum atomic E-state index is -0.488. The second-order valence-corrected chi connectivity index (χ2v) is 9.64. The van der Waals surface area contributed by atoms with Crippen molar-refractivity contribution in [2.24, 2.45) is 17.3 Å². The van der Waals surface area contributed by atoms with Gasteiger partial charge in [-0.15, -0.1) is 0 Å². The van der Waals surface area contributed by atoms with Crippen LogP contribution in [0.1, 0.15) is 55.8 Å². The molecule has 6 rings (SSSR count). The molecule has 5 aliphatic rings. The van der Waals surface area contributed by atoms with Crippen LogP contribution in [0.4, 0.5) is 5.82 Å². The number of amides is 2. The summed E-state index contributed by atoms with van der Waals surface area (Å²) in [6, 6.07) is 3.59. The Morgan fingerprint density at radius 1 is 1.34 bits per heavy atom. The van der Waals surface area contributed by atoms with Crippen molar-refractivity contribution in [1.82, 2.24) is 20.5 Å². The molecule has 7 heteroatoms. The van der Waals surface area contributed by atoms with Crippen molar-refractivity contribution < 1.29 is 9.59 Å². The van der Waals surface area contributed by atoms with Gasteiger partial charge in [-0.1, -0.05) is 6.92 Å². The lowest BCUT2D eigenvalue weighted by atomic mass is 9.51. The number of pyridine rings is 1. The molecule has 3 N–H and O–H groups in total. The number of nitrogens with one attached hydrogen (secondary N) is 3. The monoisotopic (exact) mass is 397 g/mol. The highest BCUT2D eigenvalue weighted by atomic mass is 16.2. The smallest absolute Gasteiger partial charge is 0.256 e. The number of aromatic nitrogens is 1. The molecule has 2 bridgehead atoms. The van der Waals surface area contributed by atoms with E-state index in [0.29, 0.717) is 11.4 Å². The molecular formula is C22H31N5O2. The van der Waals surface area contributed by atoms with Crippen molar-refractivity contribution in [2.75, 3.05) is 31.5 Å². The molecule has 4 fully saturated rings. The zero-order valence-corrected chi connectivity index (χ0v) is 17.2. The molecule has 7 nitrogen and oxygen atoms in total. The number of rotatable bonds is 4. The Morgan fingerprint density at radius 3 is 2.97 bits per heavy atom. The Balaban J connectivity index is 1.28. The van der Waals surface area contributed by atoms with E-state index in [0.717, 1.165) is 51.9 Å². The quantitative estimate of drug-likeness (QED) is 0.723. The average molecular weight is 398 g/mol. The summed E-state index contributed by atoms with van der Waals surface area (Å²) in [4.78, 5) is 32.6. The van der Waals surface area contributed by atoms with Gasteiger partial charge in [0.05, 0.1) is 5.56 Å². The lowest BCUT2D eigenvalue weighted by Crippen LogP contribution is -2.70. The Morgan fingerprint density at radius 2 is 2.17 bits per heavy atom.